The summed E-state index contributed by atoms with van der Waals surface area (Å²) in [6.07, 6.45) is -3.11. The van der Waals surface area contributed by atoms with Crippen LogP contribution in [0.25, 0.3) is 0 Å². The molecule has 0 saturated heterocycles. The number of hydrogen-bond donors (Lipinski definition) is 1. The number of aromatic hydroxyl groups is 1. The lowest BCUT2D eigenvalue weighted by atomic mass is 10.2. The monoisotopic (exact) mass is 221 g/mol. The fourth-order valence-electron chi connectivity index (χ4n) is 0.931. The summed E-state index contributed by atoms with van der Waals surface area (Å²) in [5, 5.41) is 9.18. The Kier molecular flexibility index (Phi) is 3.13. The molecular weight excluding hydrogens is 215 g/mol. The van der Waals surface area contributed by atoms with Crippen LogP contribution in [0.4, 0.5) is 13.2 Å². The van der Waals surface area contributed by atoms with Crippen LogP contribution in [0.2, 0.25) is 0 Å². The van der Waals surface area contributed by atoms with E-state index >= 15 is 0 Å². The van der Waals surface area contributed by atoms with Crippen LogP contribution >= 0.6 is 0 Å². The molecule has 0 amide bonds. The van der Waals surface area contributed by atoms with Crippen molar-refractivity contribution >= 4 is 5.97 Å². The molecule has 1 aromatic heterocycles. The predicted molar refractivity (Wildman–Crippen MR) is 42.2 cm³/mol. The standard InChI is InChI=1S/C8H6F3NO3/c1-15-8(14)5-6(13)3(7(10)11)2-4(9)12-5/h2,7,13H,1H3. The van der Waals surface area contributed by atoms with E-state index in [4.69, 9.17) is 0 Å². The van der Waals surface area contributed by atoms with Gasteiger partial charge in [0.25, 0.3) is 6.43 Å². The molecule has 0 aliphatic rings. The first-order valence-electron chi connectivity index (χ1n) is 3.73. The minimum Gasteiger partial charge on any atom is -0.505 e. The highest BCUT2D eigenvalue weighted by Gasteiger charge is 2.23. The van der Waals surface area contributed by atoms with Gasteiger partial charge in [0, 0.05) is 6.07 Å². The lowest BCUT2D eigenvalue weighted by molar-refractivity contribution is 0.0587. The van der Waals surface area contributed by atoms with Crippen LogP contribution in [0.15, 0.2) is 6.07 Å². The number of carbonyl (C=O) groups excluding carboxylic acids is 1. The number of halogens is 3. The van der Waals surface area contributed by atoms with Gasteiger partial charge in [-0.3, -0.25) is 0 Å². The van der Waals surface area contributed by atoms with Crippen LogP contribution in [0.1, 0.15) is 22.5 Å². The third-order valence-electron chi connectivity index (χ3n) is 1.60. The van der Waals surface area contributed by atoms with E-state index in [0.29, 0.717) is 6.07 Å². The van der Waals surface area contributed by atoms with Crippen LogP contribution in [-0.4, -0.2) is 23.2 Å². The molecule has 0 radical (unpaired) electrons. The van der Waals surface area contributed by atoms with Crippen molar-refractivity contribution in [3.63, 3.8) is 0 Å². The van der Waals surface area contributed by atoms with Crippen molar-refractivity contribution in [2.24, 2.45) is 0 Å². The molecule has 0 atom stereocenters. The van der Waals surface area contributed by atoms with E-state index in [9.17, 15) is 23.1 Å². The molecule has 0 fully saturated rings. The minimum absolute atomic E-state index is 0.354. The molecule has 15 heavy (non-hydrogen) atoms. The Labute approximate surface area is 82.3 Å². The molecular formula is C8H6F3NO3. The highest BCUT2D eigenvalue weighted by Crippen LogP contribution is 2.30. The number of methoxy groups -OCH3 is 1. The number of esters is 1. The van der Waals surface area contributed by atoms with E-state index in [1.165, 1.54) is 0 Å². The molecule has 0 aliphatic carbocycles. The fourth-order valence-corrected chi connectivity index (χ4v) is 0.931. The van der Waals surface area contributed by atoms with Gasteiger partial charge in [-0.2, -0.15) is 4.39 Å². The van der Waals surface area contributed by atoms with Crippen molar-refractivity contribution in [1.82, 2.24) is 4.98 Å². The van der Waals surface area contributed by atoms with Crippen molar-refractivity contribution in [3.8, 4) is 5.75 Å². The summed E-state index contributed by atoms with van der Waals surface area (Å²) in [4.78, 5) is 13.9. The molecule has 0 bridgehead atoms. The van der Waals surface area contributed by atoms with E-state index in [2.05, 4.69) is 9.72 Å². The first kappa shape index (κ1) is 11.3. The van der Waals surface area contributed by atoms with Crippen molar-refractivity contribution in [1.29, 1.82) is 0 Å². The topological polar surface area (TPSA) is 59.4 Å². The van der Waals surface area contributed by atoms with Gasteiger partial charge in [0.2, 0.25) is 5.95 Å². The van der Waals surface area contributed by atoms with Crippen LogP contribution in [-0.2, 0) is 4.74 Å². The van der Waals surface area contributed by atoms with Crippen molar-refractivity contribution in [2.45, 2.75) is 6.43 Å². The predicted octanol–water partition coefficient (Wildman–Crippen LogP) is 1.65. The summed E-state index contributed by atoms with van der Waals surface area (Å²) >= 11 is 0. The zero-order chi connectivity index (χ0) is 11.6. The van der Waals surface area contributed by atoms with Gasteiger partial charge in [-0.05, 0) is 0 Å². The molecule has 1 aromatic rings. The molecule has 7 heteroatoms. The van der Waals surface area contributed by atoms with E-state index in [0.717, 1.165) is 7.11 Å². The average Bonchev–Trinajstić information content (AvgIpc) is 2.19. The SMILES string of the molecule is COC(=O)c1nc(F)cc(C(F)F)c1O. The quantitative estimate of drug-likeness (QED) is 0.609. The number of hydrogen-bond acceptors (Lipinski definition) is 4. The third kappa shape index (κ3) is 2.17. The number of rotatable bonds is 2. The fraction of sp³-hybridized carbons (Fsp3) is 0.250. The maximum absolute atomic E-state index is 12.7. The second-order valence-electron chi connectivity index (χ2n) is 2.52. The van der Waals surface area contributed by atoms with Crippen molar-refractivity contribution < 1.29 is 27.8 Å². The van der Waals surface area contributed by atoms with Crippen molar-refractivity contribution in [2.75, 3.05) is 7.11 Å². The van der Waals surface area contributed by atoms with Gasteiger partial charge in [0.05, 0.1) is 12.7 Å². The van der Waals surface area contributed by atoms with Crippen molar-refractivity contribution in [3.05, 3.63) is 23.3 Å². The van der Waals surface area contributed by atoms with E-state index in [-0.39, 0.29) is 0 Å². The average molecular weight is 221 g/mol. The zero-order valence-corrected chi connectivity index (χ0v) is 7.50. The molecule has 1 rings (SSSR count). The van der Waals surface area contributed by atoms with Crippen LogP contribution < -0.4 is 0 Å². The maximum Gasteiger partial charge on any atom is 0.360 e. The van der Waals surface area contributed by atoms with E-state index in [1.54, 1.807) is 0 Å². The second kappa shape index (κ2) is 4.16. The molecule has 1 heterocycles. The Morgan fingerprint density at radius 1 is 1.60 bits per heavy atom. The lowest BCUT2D eigenvalue weighted by Gasteiger charge is -2.06. The van der Waals surface area contributed by atoms with E-state index < -0.39 is 35.3 Å². The van der Waals surface area contributed by atoms with Gasteiger partial charge in [-0.15, -0.1) is 0 Å². The van der Waals surface area contributed by atoms with Gasteiger partial charge in [-0.25, -0.2) is 18.6 Å². The summed E-state index contributed by atoms with van der Waals surface area (Å²) in [6, 6.07) is 0.354. The zero-order valence-electron chi connectivity index (χ0n) is 7.50. The summed E-state index contributed by atoms with van der Waals surface area (Å²) in [7, 11) is 0.955. The molecule has 0 saturated carbocycles. The normalized spacial score (nSPS) is 10.5. The Bertz CT molecular complexity index is 395. The number of carbonyl (C=O) groups is 1. The number of pyridine rings is 1. The summed E-state index contributed by atoms with van der Waals surface area (Å²) in [5.41, 5.74) is -1.87. The Morgan fingerprint density at radius 3 is 2.67 bits per heavy atom. The molecule has 0 aliphatic heterocycles. The van der Waals surface area contributed by atoms with Gasteiger partial charge >= 0.3 is 5.97 Å². The smallest absolute Gasteiger partial charge is 0.360 e. The lowest BCUT2D eigenvalue weighted by Crippen LogP contribution is -2.08. The molecule has 0 aromatic carbocycles. The van der Waals surface area contributed by atoms with Crippen LogP contribution in [0.3, 0.4) is 0 Å². The largest absolute Gasteiger partial charge is 0.505 e. The maximum atomic E-state index is 12.7. The number of alkyl halides is 2. The number of aromatic nitrogens is 1. The van der Waals surface area contributed by atoms with Gasteiger partial charge in [0.15, 0.2) is 11.4 Å². The number of nitrogens with zero attached hydrogens (tertiary/aromatic N) is 1. The van der Waals surface area contributed by atoms with Crippen LogP contribution in [0.5, 0.6) is 5.75 Å². The third-order valence-corrected chi connectivity index (χ3v) is 1.60. The Morgan fingerprint density at radius 2 is 2.20 bits per heavy atom. The molecule has 0 unspecified atom stereocenters. The van der Waals surface area contributed by atoms with Gasteiger partial charge in [-0.1, -0.05) is 0 Å². The first-order chi connectivity index (χ1) is 6.97. The molecule has 82 valence electrons. The summed E-state index contributed by atoms with van der Waals surface area (Å²) in [5.74, 6) is -3.55. The first-order valence-corrected chi connectivity index (χ1v) is 3.73. The highest BCUT2D eigenvalue weighted by molar-refractivity contribution is 5.90. The molecule has 0 spiro atoms. The van der Waals surface area contributed by atoms with Gasteiger partial charge in [0.1, 0.15) is 0 Å². The Hall–Kier alpha value is -1.79. The van der Waals surface area contributed by atoms with E-state index in [1.807, 2.05) is 0 Å². The number of ether oxygens (including phenoxy) is 1. The Balaban J connectivity index is 3.34. The minimum atomic E-state index is -3.11. The van der Waals surface area contributed by atoms with Crippen LogP contribution in [0, 0.1) is 5.95 Å². The summed E-state index contributed by atoms with van der Waals surface area (Å²) < 4.78 is 41.3. The highest BCUT2D eigenvalue weighted by atomic mass is 19.3. The second-order valence-corrected chi connectivity index (χ2v) is 2.52. The van der Waals surface area contributed by atoms with Gasteiger partial charge < -0.3 is 9.84 Å². The molecule has 4 nitrogen and oxygen atoms in total. The summed E-state index contributed by atoms with van der Waals surface area (Å²) in [6.45, 7) is 0. The molecule has 1 N–H and O–H groups in total.